The first-order chi connectivity index (χ1) is 3.93. The molecule has 0 aliphatic carbocycles. The predicted molar refractivity (Wildman–Crippen MR) is 39.2 cm³/mol. The Morgan fingerprint density at radius 3 is 2.75 bits per heavy atom. The summed E-state index contributed by atoms with van der Waals surface area (Å²) in [4.78, 5) is 0. The quantitative estimate of drug-likeness (QED) is 0.466. The fourth-order valence-electron chi connectivity index (χ4n) is 0.880. The van der Waals surface area contributed by atoms with Gasteiger partial charge in [0.2, 0.25) is 0 Å². The molecule has 0 spiro atoms. The Bertz CT molecular complexity index is 61.4. The summed E-state index contributed by atoms with van der Waals surface area (Å²) in [5.41, 5.74) is 0. The van der Waals surface area contributed by atoms with Crippen molar-refractivity contribution < 1.29 is 0 Å². The maximum Gasteiger partial charge on any atom is 0.0227 e. The van der Waals surface area contributed by atoms with Gasteiger partial charge in [0.25, 0.3) is 0 Å². The van der Waals surface area contributed by atoms with Crippen molar-refractivity contribution >= 4 is 9.24 Å². The summed E-state index contributed by atoms with van der Waals surface area (Å²) in [7, 11) is 2.74. The molecule has 48 valence electrons. The van der Waals surface area contributed by atoms with E-state index in [0.29, 0.717) is 6.04 Å². The van der Waals surface area contributed by atoms with Gasteiger partial charge in [-0.2, -0.15) is 0 Å². The first-order valence-electron chi connectivity index (χ1n) is 3.07. The number of nitrogens with one attached hydrogen (secondary N) is 2. The molecule has 1 aliphatic heterocycles. The zero-order valence-corrected chi connectivity index (χ0v) is 6.14. The lowest BCUT2D eigenvalue weighted by Gasteiger charge is -2.22. The second-order valence-corrected chi connectivity index (χ2v) is 2.56. The predicted octanol–water partition coefficient (Wildman–Crippen LogP) is -0.577. The summed E-state index contributed by atoms with van der Waals surface area (Å²) in [5, 5.41) is 6.70. The highest BCUT2D eigenvalue weighted by molar-refractivity contribution is 7.16. The van der Waals surface area contributed by atoms with Crippen LogP contribution in [0.3, 0.4) is 0 Å². The zero-order valence-electron chi connectivity index (χ0n) is 4.98. The lowest BCUT2D eigenvalue weighted by atomic mass is 10.3. The average molecular weight is 132 g/mol. The Balaban J connectivity index is 2.13. The van der Waals surface area contributed by atoms with Gasteiger partial charge in [0.05, 0.1) is 0 Å². The van der Waals surface area contributed by atoms with E-state index in [2.05, 4.69) is 19.9 Å². The van der Waals surface area contributed by atoms with Crippen LogP contribution in [0.2, 0.25) is 0 Å². The Morgan fingerprint density at radius 1 is 1.50 bits per heavy atom. The van der Waals surface area contributed by atoms with Gasteiger partial charge >= 0.3 is 0 Å². The van der Waals surface area contributed by atoms with Crippen molar-refractivity contribution in [2.45, 2.75) is 6.04 Å². The Kier molecular flexibility index (Phi) is 2.74. The molecule has 1 heterocycles. The summed E-state index contributed by atoms with van der Waals surface area (Å²) < 4.78 is 0. The molecule has 3 heteroatoms. The lowest BCUT2D eigenvalue weighted by Crippen LogP contribution is -2.49. The number of rotatable bonds is 1. The van der Waals surface area contributed by atoms with E-state index in [9.17, 15) is 0 Å². The van der Waals surface area contributed by atoms with Crippen molar-refractivity contribution in [3.05, 3.63) is 0 Å². The van der Waals surface area contributed by atoms with Gasteiger partial charge in [0, 0.05) is 25.7 Å². The highest BCUT2D eigenvalue weighted by Crippen LogP contribution is 1.91. The van der Waals surface area contributed by atoms with Gasteiger partial charge in [-0.25, -0.2) is 0 Å². The van der Waals surface area contributed by atoms with Crippen LogP contribution in [-0.2, 0) is 0 Å². The van der Waals surface area contributed by atoms with Gasteiger partial charge in [0.1, 0.15) is 0 Å². The topological polar surface area (TPSA) is 24.1 Å². The van der Waals surface area contributed by atoms with Crippen LogP contribution in [-0.4, -0.2) is 31.8 Å². The molecule has 1 unspecified atom stereocenters. The second-order valence-electron chi connectivity index (χ2n) is 2.09. The molecule has 2 N–H and O–H groups in total. The third kappa shape index (κ3) is 1.70. The molecule has 1 rings (SSSR count). The van der Waals surface area contributed by atoms with Crippen molar-refractivity contribution in [3.8, 4) is 0 Å². The first-order valence-corrected chi connectivity index (χ1v) is 3.89. The molecule has 1 saturated heterocycles. The molecule has 0 aromatic heterocycles. The van der Waals surface area contributed by atoms with E-state index >= 15 is 0 Å². The molecule has 0 aromatic rings. The molecular formula is C5H13N2P. The van der Waals surface area contributed by atoms with Crippen molar-refractivity contribution in [1.82, 2.24) is 10.6 Å². The smallest absolute Gasteiger partial charge is 0.0227 e. The monoisotopic (exact) mass is 132 g/mol. The van der Waals surface area contributed by atoms with Crippen molar-refractivity contribution in [3.63, 3.8) is 0 Å². The van der Waals surface area contributed by atoms with Crippen LogP contribution < -0.4 is 10.6 Å². The lowest BCUT2D eigenvalue weighted by molar-refractivity contribution is 0.447. The number of hydrogen-bond acceptors (Lipinski definition) is 2. The number of piperazine rings is 1. The van der Waals surface area contributed by atoms with Crippen LogP contribution in [0, 0.1) is 0 Å². The summed E-state index contributed by atoms with van der Waals surface area (Å²) >= 11 is 0. The van der Waals surface area contributed by atoms with Gasteiger partial charge in [-0.15, -0.1) is 9.24 Å². The van der Waals surface area contributed by atoms with E-state index in [1.165, 1.54) is 0 Å². The second kappa shape index (κ2) is 3.39. The molecule has 0 radical (unpaired) electrons. The average Bonchev–Trinajstić information content (AvgIpc) is 1.90. The van der Waals surface area contributed by atoms with Crippen molar-refractivity contribution in [2.75, 3.05) is 25.8 Å². The third-order valence-electron chi connectivity index (χ3n) is 1.41. The Morgan fingerprint density at radius 2 is 2.38 bits per heavy atom. The third-order valence-corrected chi connectivity index (χ3v) is 1.98. The molecule has 0 amide bonds. The Labute approximate surface area is 52.6 Å². The van der Waals surface area contributed by atoms with Crippen LogP contribution in [0.1, 0.15) is 0 Å². The van der Waals surface area contributed by atoms with Crippen LogP contribution >= 0.6 is 9.24 Å². The van der Waals surface area contributed by atoms with Gasteiger partial charge in [-0.05, 0) is 6.16 Å². The minimum Gasteiger partial charge on any atom is -0.314 e. The molecule has 2 atom stereocenters. The Hall–Kier alpha value is 0.350. The van der Waals surface area contributed by atoms with Crippen molar-refractivity contribution in [2.24, 2.45) is 0 Å². The van der Waals surface area contributed by atoms with Crippen LogP contribution in [0.25, 0.3) is 0 Å². The minimum atomic E-state index is 0.689. The fourth-order valence-corrected chi connectivity index (χ4v) is 1.21. The molecule has 1 aliphatic rings. The molecule has 2 nitrogen and oxygen atoms in total. The van der Waals surface area contributed by atoms with Crippen LogP contribution in [0.15, 0.2) is 0 Å². The summed E-state index contributed by atoms with van der Waals surface area (Å²) in [5.74, 6) is 0. The molecule has 0 saturated carbocycles. The van der Waals surface area contributed by atoms with Gasteiger partial charge < -0.3 is 10.6 Å². The molecule has 0 aromatic carbocycles. The summed E-state index contributed by atoms with van der Waals surface area (Å²) in [6.07, 6.45) is 1.16. The summed E-state index contributed by atoms with van der Waals surface area (Å²) in [6, 6.07) is 0.689. The normalized spacial score (nSPS) is 30.4. The van der Waals surface area contributed by atoms with E-state index < -0.39 is 0 Å². The first kappa shape index (κ1) is 6.47. The largest absolute Gasteiger partial charge is 0.314 e. The van der Waals surface area contributed by atoms with Crippen LogP contribution in [0.5, 0.6) is 0 Å². The van der Waals surface area contributed by atoms with Gasteiger partial charge in [-0.3, -0.25) is 0 Å². The maximum absolute atomic E-state index is 3.39. The molecule has 8 heavy (non-hydrogen) atoms. The van der Waals surface area contributed by atoms with Gasteiger partial charge in [0.15, 0.2) is 0 Å². The molecule has 0 bridgehead atoms. The van der Waals surface area contributed by atoms with E-state index in [1.807, 2.05) is 0 Å². The standard InChI is InChI=1S/C5H13N2P/c8-4-5-3-6-1-2-7-5/h5-7H,1-4,8H2/t5-/m0/s1. The van der Waals surface area contributed by atoms with Crippen molar-refractivity contribution in [1.29, 1.82) is 0 Å². The fraction of sp³-hybridized carbons (Fsp3) is 1.00. The van der Waals surface area contributed by atoms with Gasteiger partial charge in [-0.1, -0.05) is 0 Å². The van der Waals surface area contributed by atoms with E-state index in [0.717, 1.165) is 25.8 Å². The maximum atomic E-state index is 3.39. The zero-order chi connectivity index (χ0) is 5.82. The van der Waals surface area contributed by atoms with Crippen LogP contribution in [0.4, 0.5) is 0 Å². The highest BCUT2D eigenvalue weighted by atomic mass is 31.0. The minimum absolute atomic E-state index is 0.689. The van der Waals surface area contributed by atoms with E-state index in [-0.39, 0.29) is 0 Å². The highest BCUT2D eigenvalue weighted by Gasteiger charge is 2.07. The summed E-state index contributed by atoms with van der Waals surface area (Å²) in [6.45, 7) is 3.38. The van der Waals surface area contributed by atoms with E-state index in [4.69, 9.17) is 0 Å². The molecular weight excluding hydrogens is 119 g/mol. The molecule has 1 fully saturated rings. The SMILES string of the molecule is PC[C@@H]1CNCCN1. The number of hydrogen-bond donors (Lipinski definition) is 2. The van der Waals surface area contributed by atoms with E-state index in [1.54, 1.807) is 0 Å².